The number of nitrogens with zero attached hydrogens (tertiary/aromatic N) is 2. The molecule has 1 N–H and O–H groups in total. The predicted molar refractivity (Wildman–Crippen MR) is 73.6 cm³/mol. The van der Waals surface area contributed by atoms with Gasteiger partial charge in [0.1, 0.15) is 6.26 Å². The Bertz CT molecular complexity index is 399. The SMILES string of the molecule is CCOCC(O)CN1CCN(C(=O)c2ccoc2)CC1. The fraction of sp³-hybridized carbons (Fsp3) is 0.643. The largest absolute Gasteiger partial charge is 0.472 e. The maximum Gasteiger partial charge on any atom is 0.257 e. The molecule has 1 aliphatic heterocycles. The quantitative estimate of drug-likeness (QED) is 0.820. The van der Waals surface area contributed by atoms with Gasteiger partial charge in [-0.25, -0.2) is 0 Å². The minimum absolute atomic E-state index is 0.00765. The van der Waals surface area contributed by atoms with Crippen molar-refractivity contribution in [1.82, 2.24) is 9.80 Å². The maximum absolute atomic E-state index is 12.1. The molecule has 2 rings (SSSR count). The molecule has 1 aliphatic rings. The van der Waals surface area contributed by atoms with E-state index in [1.807, 2.05) is 11.8 Å². The summed E-state index contributed by atoms with van der Waals surface area (Å²) in [4.78, 5) is 16.1. The Labute approximate surface area is 118 Å². The van der Waals surface area contributed by atoms with Gasteiger partial charge >= 0.3 is 0 Å². The highest BCUT2D eigenvalue weighted by Gasteiger charge is 2.23. The van der Waals surface area contributed by atoms with E-state index in [0.29, 0.717) is 38.4 Å². The van der Waals surface area contributed by atoms with Crippen molar-refractivity contribution in [2.24, 2.45) is 0 Å². The van der Waals surface area contributed by atoms with Crippen LogP contribution >= 0.6 is 0 Å². The lowest BCUT2D eigenvalue weighted by Gasteiger charge is -2.35. The molecule has 0 spiro atoms. The van der Waals surface area contributed by atoms with Crippen molar-refractivity contribution < 1.29 is 19.1 Å². The van der Waals surface area contributed by atoms with Crippen LogP contribution in [-0.4, -0.2) is 72.9 Å². The van der Waals surface area contributed by atoms with Crippen LogP contribution in [0.2, 0.25) is 0 Å². The van der Waals surface area contributed by atoms with Gasteiger partial charge in [-0.05, 0) is 13.0 Å². The van der Waals surface area contributed by atoms with E-state index in [-0.39, 0.29) is 5.91 Å². The molecule has 6 heteroatoms. The number of piperazine rings is 1. The van der Waals surface area contributed by atoms with Gasteiger partial charge < -0.3 is 19.2 Å². The van der Waals surface area contributed by atoms with Gasteiger partial charge in [-0.15, -0.1) is 0 Å². The van der Waals surface area contributed by atoms with Gasteiger partial charge in [0, 0.05) is 39.3 Å². The first kappa shape index (κ1) is 15.0. The van der Waals surface area contributed by atoms with Crippen molar-refractivity contribution in [3.8, 4) is 0 Å². The minimum Gasteiger partial charge on any atom is -0.472 e. The van der Waals surface area contributed by atoms with Crippen molar-refractivity contribution >= 4 is 5.91 Å². The Kier molecular flexibility index (Phi) is 5.58. The molecule has 1 fully saturated rings. The molecule has 1 amide bonds. The number of ether oxygens (including phenoxy) is 1. The van der Waals surface area contributed by atoms with Crippen LogP contribution in [0.5, 0.6) is 0 Å². The Hall–Kier alpha value is -1.37. The first-order chi connectivity index (χ1) is 9.70. The zero-order valence-electron chi connectivity index (χ0n) is 11.8. The molecule has 2 heterocycles. The molecule has 6 nitrogen and oxygen atoms in total. The van der Waals surface area contributed by atoms with Crippen LogP contribution in [0.4, 0.5) is 0 Å². The van der Waals surface area contributed by atoms with Crippen LogP contribution in [0.1, 0.15) is 17.3 Å². The molecule has 1 aromatic rings. The van der Waals surface area contributed by atoms with Crippen molar-refractivity contribution in [1.29, 1.82) is 0 Å². The van der Waals surface area contributed by atoms with Gasteiger partial charge in [-0.3, -0.25) is 9.69 Å². The summed E-state index contributed by atoms with van der Waals surface area (Å²) in [7, 11) is 0. The molecule has 20 heavy (non-hydrogen) atoms. The molecule has 0 saturated carbocycles. The molecule has 1 atom stereocenters. The van der Waals surface area contributed by atoms with Gasteiger partial charge in [0.2, 0.25) is 0 Å². The number of aliphatic hydroxyl groups excluding tert-OH is 1. The minimum atomic E-state index is -0.467. The van der Waals surface area contributed by atoms with Crippen LogP contribution in [0.15, 0.2) is 23.0 Å². The van der Waals surface area contributed by atoms with E-state index in [1.54, 1.807) is 6.07 Å². The lowest BCUT2D eigenvalue weighted by atomic mass is 10.2. The zero-order valence-corrected chi connectivity index (χ0v) is 11.8. The number of aliphatic hydroxyl groups is 1. The first-order valence-electron chi connectivity index (χ1n) is 7.00. The summed E-state index contributed by atoms with van der Waals surface area (Å²) in [6.07, 6.45) is 2.51. The summed E-state index contributed by atoms with van der Waals surface area (Å²) in [6.45, 7) is 6.37. The number of carbonyl (C=O) groups excluding carboxylic acids is 1. The fourth-order valence-electron chi connectivity index (χ4n) is 2.31. The Balaban J connectivity index is 1.73. The van der Waals surface area contributed by atoms with Gasteiger partial charge in [0.15, 0.2) is 0 Å². The molecule has 1 unspecified atom stereocenters. The zero-order chi connectivity index (χ0) is 14.4. The standard InChI is InChI=1S/C14H22N2O4/c1-2-19-11-13(17)9-15-4-6-16(7-5-15)14(18)12-3-8-20-10-12/h3,8,10,13,17H,2,4-7,9,11H2,1H3. The monoisotopic (exact) mass is 282 g/mol. The number of furan rings is 1. The summed E-state index contributed by atoms with van der Waals surface area (Å²) in [5.41, 5.74) is 0.592. The number of amides is 1. The van der Waals surface area contributed by atoms with E-state index in [2.05, 4.69) is 4.90 Å². The third-order valence-electron chi connectivity index (χ3n) is 3.41. The van der Waals surface area contributed by atoms with Gasteiger partial charge in [0.25, 0.3) is 5.91 Å². The van der Waals surface area contributed by atoms with E-state index in [9.17, 15) is 9.90 Å². The smallest absolute Gasteiger partial charge is 0.257 e. The summed E-state index contributed by atoms with van der Waals surface area (Å²) in [6, 6.07) is 1.68. The number of rotatable bonds is 6. The molecule has 0 bridgehead atoms. The van der Waals surface area contributed by atoms with Crippen molar-refractivity contribution in [3.05, 3.63) is 24.2 Å². The highest BCUT2D eigenvalue weighted by atomic mass is 16.5. The van der Waals surface area contributed by atoms with Crippen molar-refractivity contribution in [2.45, 2.75) is 13.0 Å². The summed E-state index contributed by atoms with van der Waals surface area (Å²) in [5, 5.41) is 9.80. The van der Waals surface area contributed by atoms with Crippen LogP contribution in [0.25, 0.3) is 0 Å². The second-order valence-corrected chi connectivity index (χ2v) is 4.92. The third kappa shape index (κ3) is 4.06. The highest BCUT2D eigenvalue weighted by Crippen LogP contribution is 2.09. The van der Waals surface area contributed by atoms with E-state index in [1.165, 1.54) is 12.5 Å². The summed E-state index contributed by atoms with van der Waals surface area (Å²) >= 11 is 0. The van der Waals surface area contributed by atoms with Crippen LogP contribution in [0, 0.1) is 0 Å². The van der Waals surface area contributed by atoms with Crippen LogP contribution in [-0.2, 0) is 4.74 Å². The molecule has 1 saturated heterocycles. The van der Waals surface area contributed by atoms with E-state index >= 15 is 0 Å². The lowest BCUT2D eigenvalue weighted by molar-refractivity contribution is 0.0111. The first-order valence-corrected chi connectivity index (χ1v) is 7.00. The van der Waals surface area contributed by atoms with Gasteiger partial charge in [0.05, 0.1) is 24.5 Å². The fourth-order valence-corrected chi connectivity index (χ4v) is 2.31. The average Bonchev–Trinajstić information content (AvgIpc) is 2.99. The third-order valence-corrected chi connectivity index (χ3v) is 3.41. The molecular formula is C14H22N2O4. The normalized spacial score (nSPS) is 18.2. The highest BCUT2D eigenvalue weighted by molar-refractivity contribution is 5.93. The Morgan fingerprint density at radius 3 is 2.80 bits per heavy atom. The van der Waals surface area contributed by atoms with Crippen molar-refractivity contribution in [3.63, 3.8) is 0 Å². The van der Waals surface area contributed by atoms with E-state index in [4.69, 9.17) is 9.15 Å². The summed E-state index contributed by atoms with van der Waals surface area (Å²) in [5.74, 6) is 0.00765. The topological polar surface area (TPSA) is 66.2 Å². The molecule has 112 valence electrons. The number of hydrogen-bond acceptors (Lipinski definition) is 5. The van der Waals surface area contributed by atoms with Gasteiger partial charge in [-0.2, -0.15) is 0 Å². The maximum atomic E-state index is 12.1. The van der Waals surface area contributed by atoms with Gasteiger partial charge in [-0.1, -0.05) is 0 Å². The number of β-amino-alcohol motifs (C(OH)–C–C–N with tert-alkyl or cyclic N) is 1. The number of carbonyl (C=O) groups is 1. The number of hydrogen-bond donors (Lipinski definition) is 1. The predicted octanol–water partition coefficient (Wildman–Crippen LogP) is 0.435. The lowest BCUT2D eigenvalue weighted by Crippen LogP contribution is -2.50. The van der Waals surface area contributed by atoms with Crippen LogP contribution in [0.3, 0.4) is 0 Å². The molecule has 0 aliphatic carbocycles. The Morgan fingerprint density at radius 1 is 1.45 bits per heavy atom. The molecule has 0 aromatic carbocycles. The summed E-state index contributed by atoms with van der Waals surface area (Å²) < 4.78 is 10.1. The van der Waals surface area contributed by atoms with E-state index in [0.717, 1.165) is 13.1 Å². The molecule has 0 radical (unpaired) electrons. The van der Waals surface area contributed by atoms with Crippen molar-refractivity contribution in [2.75, 3.05) is 45.9 Å². The molecular weight excluding hydrogens is 260 g/mol. The van der Waals surface area contributed by atoms with Crippen LogP contribution < -0.4 is 0 Å². The van der Waals surface area contributed by atoms with E-state index < -0.39 is 6.10 Å². The second kappa shape index (κ2) is 7.42. The molecule has 1 aromatic heterocycles. The Morgan fingerprint density at radius 2 is 2.20 bits per heavy atom. The average molecular weight is 282 g/mol. The second-order valence-electron chi connectivity index (χ2n) is 4.92.